The lowest BCUT2D eigenvalue weighted by atomic mass is 10.0. The van der Waals surface area contributed by atoms with Gasteiger partial charge < -0.3 is 5.32 Å². The van der Waals surface area contributed by atoms with Gasteiger partial charge in [-0.1, -0.05) is 26.7 Å². The van der Waals surface area contributed by atoms with Crippen molar-refractivity contribution in [2.75, 3.05) is 11.9 Å². The maximum absolute atomic E-state index is 4.44. The number of hydrogen-bond donors (Lipinski definition) is 1. The van der Waals surface area contributed by atoms with Crippen LogP contribution in [-0.4, -0.2) is 11.5 Å². The fourth-order valence-corrected chi connectivity index (χ4v) is 1.71. The van der Waals surface area contributed by atoms with Crippen LogP contribution in [0.3, 0.4) is 0 Å². The number of aromatic nitrogens is 1. The van der Waals surface area contributed by atoms with E-state index < -0.39 is 0 Å². The first-order valence-electron chi connectivity index (χ1n) is 5.85. The van der Waals surface area contributed by atoms with Crippen LogP contribution in [0.25, 0.3) is 0 Å². The summed E-state index contributed by atoms with van der Waals surface area (Å²) in [7, 11) is 0. The number of pyridine rings is 1. The molecule has 0 saturated heterocycles. The standard InChI is InChI=1S/C13H22N2/c1-5-12(6-2)9-14-13-8-7-10(3)15-11(13)4/h7-8,12,14H,5-6,9H2,1-4H3. The summed E-state index contributed by atoms with van der Waals surface area (Å²) in [6.45, 7) is 9.63. The maximum atomic E-state index is 4.44. The molecule has 2 nitrogen and oxygen atoms in total. The monoisotopic (exact) mass is 206 g/mol. The molecule has 1 aromatic rings. The zero-order valence-corrected chi connectivity index (χ0v) is 10.3. The molecule has 1 N–H and O–H groups in total. The SMILES string of the molecule is CCC(CC)CNc1ccc(C)nc1C. The van der Waals surface area contributed by atoms with Gasteiger partial charge in [0.1, 0.15) is 0 Å². The van der Waals surface area contributed by atoms with E-state index in [0.29, 0.717) is 0 Å². The molecule has 2 heteroatoms. The van der Waals surface area contributed by atoms with E-state index in [-0.39, 0.29) is 0 Å². The molecule has 84 valence electrons. The fourth-order valence-electron chi connectivity index (χ4n) is 1.71. The predicted octanol–water partition coefficient (Wildman–Crippen LogP) is 3.55. The molecule has 0 saturated carbocycles. The summed E-state index contributed by atoms with van der Waals surface area (Å²) < 4.78 is 0. The summed E-state index contributed by atoms with van der Waals surface area (Å²) in [6, 6.07) is 4.18. The first-order chi connectivity index (χ1) is 7.17. The van der Waals surface area contributed by atoms with Gasteiger partial charge in [-0.25, -0.2) is 0 Å². The molecule has 0 unspecified atom stereocenters. The highest BCUT2D eigenvalue weighted by atomic mass is 14.9. The lowest BCUT2D eigenvalue weighted by molar-refractivity contribution is 0.519. The van der Waals surface area contributed by atoms with Crippen LogP contribution in [0.2, 0.25) is 0 Å². The molecular weight excluding hydrogens is 184 g/mol. The number of anilines is 1. The van der Waals surface area contributed by atoms with Gasteiger partial charge in [-0.2, -0.15) is 0 Å². The molecule has 1 rings (SSSR count). The van der Waals surface area contributed by atoms with Crippen molar-refractivity contribution in [3.8, 4) is 0 Å². The predicted molar refractivity (Wildman–Crippen MR) is 66.3 cm³/mol. The Morgan fingerprint density at radius 3 is 2.40 bits per heavy atom. The summed E-state index contributed by atoms with van der Waals surface area (Å²) in [5, 5.41) is 3.48. The van der Waals surface area contributed by atoms with E-state index >= 15 is 0 Å². The van der Waals surface area contributed by atoms with Crippen molar-refractivity contribution in [3.63, 3.8) is 0 Å². The molecule has 15 heavy (non-hydrogen) atoms. The summed E-state index contributed by atoms with van der Waals surface area (Å²) in [5.41, 5.74) is 3.36. The Hall–Kier alpha value is -1.05. The molecular formula is C13H22N2. The smallest absolute Gasteiger partial charge is 0.0606 e. The third-order valence-corrected chi connectivity index (χ3v) is 2.96. The molecule has 1 aromatic heterocycles. The Bertz CT molecular complexity index is 303. The van der Waals surface area contributed by atoms with Gasteiger partial charge in [0.2, 0.25) is 0 Å². The van der Waals surface area contributed by atoms with Crippen LogP contribution >= 0.6 is 0 Å². The van der Waals surface area contributed by atoms with E-state index in [1.54, 1.807) is 0 Å². The van der Waals surface area contributed by atoms with Gasteiger partial charge in [0.05, 0.1) is 11.4 Å². The molecule has 0 bridgehead atoms. The summed E-state index contributed by atoms with van der Waals surface area (Å²) in [6.07, 6.45) is 2.48. The molecule has 0 aromatic carbocycles. The van der Waals surface area contributed by atoms with Crippen molar-refractivity contribution in [1.82, 2.24) is 4.98 Å². The molecule has 1 heterocycles. The first-order valence-corrected chi connectivity index (χ1v) is 5.85. The Morgan fingerprint density at radius 2 is 1.87 bits per heavy atom. The maximum Gasteiger partial charge on any atom is 0.0606 e. The quantitative estimate of drug-likeness (QED) is 0.797. The van der Waals surface area contributed by atoms with Crippen LogP contribution in [0.15, 0.2) is 12.1 Å². The Kier molecular flexibility index (Phi) is 4.60. The van der Waals surface area contributed by atoms with Crippen LogP contribution < -0.4 is 5.32 Å². The van der Waals surface area contributed by atoms with E-state index in [9.17, 15) is 0 Å². The molecule has 0 radical (unpaired) electrons. The third kappa shape index (κ3) is 3.54. The fraction of sp³-hybridized carbons (Fsp3) is 0.615. The number of aryl methyl sites for hydroxylation is 2. The topological polar surface area (TPSA) is 24.9 Å². The van der Waals surface area contributed by atoms with Gasteiger partial charge in [0.25, 0.3) is 0 Å². The van der Waals surface area contributed by atoms with Crippen molar-refractivity contribution >= 4 is 5.69 Å². The largest absolute Gasteiger partial charge is 0.383 e. The van der Waals surface area contributed by atoms with Crippen LogP contribution in [0.5, 0.6) is 0 Å². The van der Waals surface area contributed by atoms with E-state index in [2.05, 4.69) is 43.2 Å². The zero-order chi connectivity index (χ0) is 11.3. The Morgan fingerprint density at radius 1 is 1.20 bits per heavy atom. The van der Waals surface area contributed by atoms with Crippen molar-refractivity contribution in [2.45, 2.75) is 40.5 Å². The molecule has 0 amide bonds. The first kappa shape index (κ1) is 12.0. The zero-order valence-electron chi connectivity index (χ0n) is 10.3. The van der Waals surface area contributed by atoms with Gasteiger partial charge in [0, 0.05) is 12.2 Å². The number of nitrogens with one attached hydrogen (secondary N) is 1. The van der Waals surface area contributed by atoms with Gasteiger partial charge in [-0.3, -0.25) is 4.98 Å². The highest BCUT2D eigenvalue weighted by Crippen LogP contribution is 2.15. The van der Waals surface area contributed by atoms with Crippen molar-refractivity contribution in [2.24, 2.45) is 5.92 Å². The minimum Gasteiger partial charge on any atom is -0.383 e. The third-order valence-electron chi connectivity index (χ3n) is 2.96. The van der Waals surface area contributed by atoms with Crippen molar-refractivity contribution in [1.29, 1.82) is 0 Å². The minimum absolute atomic E-state index is 0.769. The van der Waals surface area contributed by atoms with E-state index in [4.69, 9.17) is 0 Å². The second kappa shape index (κ2) is 5.74. The van der Waals surface area contributed by atoms with Crippen LogP contribution in [0.4, 0.5) is 5.69 Å². The highest BCUT2D eigenvalue weighted by molar-refractivity contribution is 5.47. The van der Waals surface area contributed by atoms with Crippen molar-refractivity contribution in [3.05, 3.63) is 23.5 Å². The number of hydrogen-bond acceptors (Lipinski definition) is 2. The summed E-state index contributed by atoms with van der Waals surface area (Å²) in [5.74, 6) is 0.769. The second-order valence-electron chi connectivity index (χ2n) is 4.15. The van der Waals surface area contributed by atoms with Gasteiger partial charge >= 0.3 is 0 Å². The molecule has 0 aliphatic carbocycles. The second-order valence-corrected chi connectivity index (χ2v) is 4.15. The van der Waals surface area contributed by atoms with Crippen LogP contribution in [-0.2, 0) is 0 Å². The average Bonchev–Trinajstić information content (AvgIpc) is 2.22. The molecule has 0 fully saturated rings. The number of rotatable bonds is 5. The minimum atomic E-state index is 0.769. The van der Waals surface area contributed by atoms with Crippen LogP contribution in [0, 0.1) is 19.8 Å². The van der Waals surface area contributed by atoms with E-state index in [0.717, 1.165) is 23.9 Å². The van der Waals surface area contributed by atoms with Crippen molar-refractivity contribution < 1.29 is 0 Å². The summed E-state index contributed by atoms with van der Waals surface area (Å²) >= 11 is 0. The van der Waals surface area contributed by atoms with E-state index in [1.807, 2.05) is 6.92 Å². The lowest BCUT2D eigenvalue weighted by Crippen LogP contribution is -2.13. The molecule has 0 aliphatic heterocycles. The van der Waals surface area contributed by atoms with E-state index in [1.165, 1.54) is 18.5 Å². The van der Waals surface area contributed by atoms with Gasteiger partial charge in [-0.05, 0) is 31.9 Å². The van der Waals surface area contributed by atoms with Gasteiger partial charge in [-0.15, -0.1) is 0 Å². The van der Waals surface area contributed by atoms with Crippen LogP contribution in [0.1, 0.15) is 38.1 Å². The Balaban J connectivity index is 2.57. The normalized spacial score (nSPS) is 10.7. The Labute approximate surface area is 93.1 Å². The molecule has 0 atom stereocenters. The molecule has 0 spiro atoms. The number of nitrogens with zero attached hydrogens (tertiary/aromatic N) is 1. The van der Waals surface area contributed by atoms with Gasteiger partial charge in [0.15, 0.2) is 0 Å². The summed E-state index contributed by atoms with van der Waals surface area (Å²) in [4.78, 5) is 4.44. The highest BCUT2D eigenvalue weighted by Gasteiger charge is 2.04. The molecule has 0 aliphatic rings. The lowest BCUT2D eigenvalue weighted by Gasteiger charge is -2.15. The average molecular weight is 206 g/mol.